The van der Waals surface area contributed by atoms with Crippen LogP contribution in [0.5, 0.6) is 0 Å². The van der Waals surface area contributed by atoms with E-state index in [2.05, 4.69) is 34.1 Å². The minimum Gasteiger partial charge on any atom is -0.366 e. The SMILES string of the molecule is CC(C)Cc1nc(=S)cc(NCc2ccccn2)[nH]1. The lowest BCUT2D eigenvalue weighted by atomic mass is 10.1. The van der Waals surface area contributed by atoms with Crippen LogP contribution in [0, 0.1) is 10.6 Å². The standard InChI is InChI=1S/C14H18N4S/c1-10(2)7-13-17-12(8-14(19)18-13)16-9-11-5-3-4-6-15-11/h3-6,8,10H,7,9H2,1-2H3,(H2,16,17,18,19). The number of aromatic amines is 1. The Hall–Kier alpha value is -1.75. The zero-order valence-corrected chi connectivity index (χ0v) is 12.0. The molecule has 0 fully saturated rings. The van der Waals surface area contributed by atoms with Crippen LogP contribution in [0.3, 0.4) is 0 Å². The third-order valence-corrected chi connectivity index (χ3v) is 2.79. The Morgan fingerprint density at radius 3 is 2.89 bits per heavy atom. The summed E-state index contributed by atoms with van der Waals surface area (Å²) in [7, 11) is 0. The Kier molecular flexibility index (Phi) is 4.63. The molecule has 0 aliphatic heterocycles. The molecule has 0 spiro atoms. The number of hydrogen-bond donors (Lipinski definition) is 2. The van der Waals surface area contributed by atoms with E-state index in [1.54, 1.807) is 6.20 Å². The molecule has 0 radical (unpaired) electrons. The van der Waals surface area contributed by atoms with Crippen molar-refractivity contribution < 1.29 is 0 Å². The van der Waals surface area contributed by atoms with E-state index >= 15 is 0 Å². The molecule has 0 aliphatic rings. The molecular formula is C14H18N4S. The Labute approximate surface area is 118 Å². The molecule has 100 valence electrons. The number of aromatic nitrogens is 3. The van der Waals surface area contributed by atoms with Crippen molar-refractivity contribution in [2.24, 2.45) is 5.92 Å². The van der Waals surface area contributed by atoms with Crippen LogP contribution in [0.1, 0.15) is 25.4 Å². The topological polar surface area (TPSA) is 53.6 Å². The van der Waals surface area contributed by atoms with E-state index < -0.39 is 0 Å². The first kappa shape index (κ1) is 13.7. The van der Waals surface area contributed by atoms with Crippen molar-refractivity contribution in [1.29, 1.82) is 0 Å². The van der Waals surface area contributed by atoms with Crippen molar-refractivity contribution in [3.8, 4) is 0 Å². The van der Waals surface area contributed by atoms with Gasteiger partial charge in [-0.25, -0.2) is 4.98 Å². The molecule has 5 heteroatoms. The van der Waals surface area contributed by atoms with Crippen molar-refractivity contribution in [2.45, 2.75) is 26.8 Å². The largest absolute Gasteiger partial charge is 0.366 e. The number of H-pyrrole nitrogens is 1. The van der Waals surface area contributed by atoms with E-state index in [-0.39, 0.29) is 0 Å². The van der Waals surface area contributed by atoms with Gasteiger partial charge in [0, 0.05) is 18.7 Å². The Morgan fingerprint density at radius 2 is 2.21 bits per heavy atom. The monoisotopic (exact) mass is 274 g/mol. The van der Waals surface area contributed by atoms with E-state index in [0.29, 0.717) is 17.1 Å². The molecule has 0 atom stereocenters. The number of rotatable bonds is 5. The molecule has 2 heterocycles. The molecule has 0 saturated carbocycles. The quantitative estimate of drug-likeness (QED) is 0.821. The highest BCUT2D eigenvalue weighted by atomic mass is 32.1. The third-order valence-electron chi connectivity index (χ3n) is 2.58. The van der Waals surface area contributed by atoms with Gasteiger partial charge in [-0.1, -0.05) is 32.1 Å². The number of anilines is 1. The summed E-state index contributed by atoms with van der Waals surface area (Å²) in [5, 5.41) is 3.29. The first-order chi connectivity index (χ1) is 9.13. The number of nitrogens with zero attached hydrogens (tertiary/aromatic N) is 2. The smallest absolute Gasteiger partial charge is 0.131 e. The summed E-state index contributed by atoms with van der Waals surface area (Å²) in [5.74, 6) is 2.36. The van der Waals surface area contributed by atoms with Crippen molar-refractivity contribution in [3.05, 3.63) is 46.6 Å². The molecule has 2 rings (SSSR count). The molecule has 4 nitrogen and oxygen atoms in total. The number of pyridine rings is 1. The van der Waals surface area contributed by atoms with Crippen LogP contribution in [0.2, 0.25) is 0 Å². The van der Waals surface area contributed by atoms with Crippen LogP contribution < -0.4 is 5.32 Å². The molecule has 19 heavy (non-hydrogen) atoms. The van der Waals surface area contributed by atoms with E-state index in [0.717, 1.165) is 23.8 Å². The van der Waals surface area contributed by atoms with Gasteiger partial charge in [0.2, 0.25) is 0 Å². The van der Waals surface area contributed by atoms with Gasteiger partial charge >= 0.3 is 0 Å². The van der Waals surface area contributed by atoms with Crippen molar-refractivity contribution in [3.63, 3.8) is 0 Å². The van der Waals surface area contributed by atoms with Gasteiger partial charge in [0.15, 0.2) is 0 Å². The second kappa shape index (κ2) is 6.43. The molecule has 0 unspecified atom stereocenters. The van der Waals surface area contributed by atoms with Gasteiger partial charge in [0.1, 0.15) is 16.3 Å². The summed E-state index contributed by atoms with van der Waals surface area (Å²) in [5.41, 5.74) is 0.990. The third kappa shape index (κ3) is 4.44. The van der Waals surface area contributed by atoms with Gasteiger partial charge in [-0.3, -0.25) is 4.98 Å². The molecule has 0 bridgehead atoms. The Bertz CT molecular complexity index is 577. The minimum absolute atomic E-state index is 0.546. The maximum absolute atomic E-state index is 5.18. The second-order valence-corrected chi connectivity index (χ2v) is 5.27. The van der Waals surface area contributed by atoms with Gasteiger partial charge in [0.05, 0.1) is 12.2 Å². The fourth-order valence-corrected chi connectivity index (χ4v) is 2.00. The van der Waals surface area contributed by atoms with E-state index in [1.807, 2.05) is 24.3 Å². The van der Waals surface area contributed by atoms with Gasteiger partial charge in [-0.05, 0) is 18.1 Å². The van der Waals surface area contributed by atoms with Gasteiger partial charge in [-0.15, -0.1) is 0 Å². The van der Waals surface area contributed by atoms with Crippen LogP contribution in [0.4, 0.5) is 5.82 Å². The molecular weight excluding hydrogens is 256 g/mol. The highest BCUT2D eigenvalue weighted by Crippen LogP contribution is 2.09. The molecule has 0 saturated heterocycles. The summed E-state index contributed by atoms with van der Waals surface area (Å²) in [6, 6.07) is 7.70. The first-order valence-electron chi connectivity index (χ1n) is 6.37. The molecule has 2 aromatic rings. The van der Waals surface area contributed by atoms with E-state index in [9.17, 15) is 0 Å². The predicted molar refractivity (Wildman–Crippen MR) is 79.5 cm³/mol. The molecule has 2 aromatic heterocycles. The highest BCUT2D eigenvalue weighted by molar-refractivity contribution is 7.71. The fraction of sp³-hybridized carbons (Fsp3) is 0.357. The predicted octanol–water partition coefficient (Wildman–Crippen LogP) is 3.34. The average molecular weight is 274 g/mol. The van der Waals surface area contributed by atoms with Crippen LogP contribution in [0.15, 0.2) is 30.5 Å². The molecule has 0 aromatic carbocycles. The van der Waals surface area contributed by atoms with Gasteiger partial charge in [-0.2, -0.15) is 0 Å². The van der Waals surface area contributed by atoms with Crippen LogP contribution in [-0.2, 0) is 13.0 Å². The lowest BCUT2D eigenvalue weighted by Crippen LogP contribution is -2.07. The molecule has 0 amide bonds. The summed E-state index contributed by atoms with van der Waals surface area (Å²) >= 11 is 5.18. The fourth-order valence-electron chi connectivity index (χ4n) is 1.78. The zero-order valence-electron chi connectivity index (χ0n) is 11.2. The summed E-state index contributed by atoms with van der Waals surface area (Å²) < 4.78 is 0.609. The highest BCUT2D eigenvalue weighted by Gasteiger charge is 2.02. The van der Waals surface area contributed by atoms with Crippen LogP contribution in [0.25, 0.3) is 0 Å². The van der Waals surface area contributed by atoms with Crippen LogP contribution in [-0.4, -0.2) is 15.0 Å². The normalized spacial score (nSPS) is 10.7. The number of nitrogens with one attached hydrogen (secondary N) is 2. The zero-order chi connectivity index (χ0) is 13.7. The van der Waals surface area contributed by atoms with Crippen molar-refractivity contribution in [2.75, 3.05) is 5.32 Å². The van der Waals surface area contributed by atoms with Gasteiger partial charge < -0.3 is 10.3 Å². The second-order valence-electron chi connectivity index (χ2n) is 4.85. The lowest BCUT2D eigenvalue weighted by molar-refractivity contribution is 0.620. The van der Waals surface area contributed by atoms with Gasteiger partial charge in [0.25, 0.3) is 0 Å². The molecule has 0 aliphatic carbocycles. The van der Waals surface area contributed by atoms with Crippen molar-refractivity contribution >= 4 is 18.0 Å². The maximum Gasteiger partial charge on any atom is 0.131 e. The Balaban J connectivity index is 2.08. The minimum atomic E-state index is 0.546. The van der Waals surface area contributed by atoms with E-state index in [4.69, 9.17) is 12.2 Å². The first-order valence-corrected chi connectivity index (χ1v) is 6.78. The van der Waals surface area contributed by atoms with Crippen LogP contribution >= 0.6 is 12.2 Å². The summed E-state index contributed by atoms with van der Waals surface area (Å²) in [6.45, 7) is 4.98. The summed E-state index contributed by atoms with van der Waals surface area (Å²) in [4.78, 5) is 11.9. The summed E-state index contributed by atoms with van der Waals surface area (Å²) in [6.07, 6.45) is 2.68. The molecule has 2 N–H and O–H groups in total. The maximum atomic E-state index is 5.18. The van der Waals surface area contributed by atoms with E-state index in [1.165, 1.54) is 0 Å². The Morgan fingerprint density at radius 1 is 1.37 bits per heavy atom. The lowest BCUT2D eigenvalue weighted by Gasteiger charge is -2.09. The van der Waals surface area contributed by atoms with Crippen molar-refractivity contribution in [1.82, 2.24) is 15.0 Å². The average Bonchev–Trinajstić information content (AvgIpc) is 2.36. The number of hydrogen-bond acceptors (Lipinski definition) is 4.